The summed E-state index contributed by atoms with van der Waals surface area (Å²) in [5.41, 5.74) is 7.99. The molecule has 1 saturated carbocycles. The van der Waals surface area contributed by atoms with Gasteiger partial charge in [0.25, 0.3) is 0 Å². The summed E-state index contributed by atoms with van der Waals surface area (Å²) in [7, 11) is 0. The van der Waals surface area contributed by atoms with Gasteiger partial charge < -0.3 is 10.3 Å². The third kappa shape index (κ3) is 1.93. The van der Waals surface area contributed by atoms with Crippen LogP contribution in [-0.4, -0.2) is 15.1 Å². The molecule has 88 valence electrons. The maximum absolute atomic E-state index is 6.02. The molecule has 3 rings (SSSR count). The van der Waals surface area contributed by atoms with Gasteiger partial charge in [-0.25, -0.2) is 0 Å². The molecule has 17 heavy (non-hydrogen) atoms. The first-order chi connectivity index (χ1) is 8.25. The van der Waals surface area contributed by atoms with Crippen LogP contribution in [0.3, 0.4) is 0 Å². The van der Waals surface area contributed by atoms with Gasteiger partial charge in [-0.15, -0.1) is 0 Å². The molecule has 0 amide bonds. The first kappa shape index (κ1) is 10.4. The number of hydrogen-bond donors (Lipinski definition) is 1. The van der Waals surface area contributed by atoms with Crippen LogP contribution in [0.25, 0.3) is 11.4 Å². The minimum absolute atomic E-state index is 0.113. The Bertz CT molecular complexity index is 533. The van der Waals surface area contributed by atoms with E-state index in [-0.39, 0.29) is 6.04 Å². The Hall–Kier alpha value is -1.75. The molecule has 1 aliphatic rings. The van der Waals surface area contributed by atoms with E-state index in [1.807, 2.05) is 13.0 Å². The van der Waals surface area contributed by atoms with Crippen molar-refractivity contribution in [1.82, 2.24) is 15.1 Å². The quantitative estimate of drug-likeness (QED) is 0.870. The second-order valence-electron chi connectivity index (χ2n) is 4.51. The van der Waals surface area contributed by atoms with Crippen LogP contribution in [-0.2, 0) is 0 Å². The lowest BCUT2D eigenvalue weighted by atomic mass is 10.1. The van der Waals surface area contributed by atoms with Crippen molar-refractivity contribution in [2.24, 2.45) is 11.7 Å². The third-order valence-corrected chi connectivity index (χ3v) is 3.12. The Balaban J connectivity index is 1.92. The van der Waals surface area contributed by atoms with Gasteiger partial charge in [-0.3, -0.25) is 4.98 Å². The predicted octanol–water partition coefficient (Wildman–Crippen LogP) is 1.85. The van der Waals surface area contributed by atoms with E-state index in [9.17, 15) is 0 Å². The molecule has 2 aromatic heterocycles. The SMILES string of the molecule is Cc1cnccc1-c1noc(C(N)C2CC2)n1. The number of rotatable bonds is 3. The number of pyridine rings is 1. The molecule has 5 heteroatoms. The Morgan fingerprint density at radius 1 is 1.47 bits per heavy atom. The van der Waals surface area contributed by atoms with Crippen molar-refractivity contribution in [2.75, 3.05) is 0 Å². The molecule has 2 aromatic rings. The average molecular weight is 230 g/mol. The molecule has 1 unspecified atom stereocenters. The normalized spacial score (nSPS) is 17.1. The molecule has 0 aromatic carbocycles. The molecular weight excluding hydrogens is 216 g/mol. The fourth-order valence-electron chi connectivity index (χ4n) is 1.86. The topological polar surface area (TPSA) is 77.8 Å². The first-order valence-corrected chi connectivity index (χ1v) is 5.76. The van der Waals surface area contributed by atoms with Gasteiger partial charge in [0.15, 0.2) is 0 Å². The standard InChI is InChI=1S/C12H14N4O/c1-7-6-14-5-4-9(7)11-15-12(17-16-11)10(13)8-2-3-8/h4-6,8,10H,2-3,13H2,1H3. The summed E-state index contributed by atoms with van der Waals surface area (Å²) in [5, 5.41) is 3.98. The Labute approximate surface area is 99.1 Å². The van der Waals surface area contributed by atoms with Gasteiger partial charge in [-0.1, -0.05) is 5.16 Å². The van der Waals surface area contributed by atoms with E-state index in [0.29, 0.717) is 17.6 Å². The molecule has 0 spiro atoms. The van der Waals surface area contributed by atoms with E-state index in [0.717, 1.165) is 24.0 Å². The second-order valence-corrected chi connectivity index (χ2v) is 4.51. The summed E-state index contributed by atoms with van der Waals surface area (Å²) in [5.74, 6) is 1.65. The van der Waals surface area contributed by atoms with Crippen LogP contribution in [0.5, 0.6) is 0 Å². The average Bonchev–Trinajstić information content (AvgIpc) is 3.07. The highest BCUT2D eigenvalue weighted by molar-refractivity contribution is 5.57. The van der Waals surface area contributed by atoms with Gasteiger partial charge in [-0.05, 0) is 37.3 Å². The third-order valence-electron chi connectivity index (χ3n) is 3.12. The maximum Gasteiger partial charge on any atom is 0.244 e. The number of nitrogens with two attached hydrogens (primary N) is 1. The number of aromatic nitrogens is 3. The Kier molecular flexibility index (Phi) is 2.40. The van der Waals surface area contributed by atoms with E-state index in [1.165, 1.54) is 0 Å². The lowest BCUT2D eigenvalue weighted by Crippen LogP contribution is -2.12. The lowest BCUT2D eigenvalue weighted by Gasteiger charge is -2.01. The van der Waals surface area contributed by atoms with Gasteiger partial charge in [-0.2, -0.15) is 4.98 Å². The van der Waals surface area contributed by atoms with Gasteiger partial charge in [0.1, 0.15) is 0 Å². The van der Waals surface area contributed by atoms with Crippen LogP contribution in [0.2, 0.25) is 0 Å². The molecule has 2 heterocycles. The highest BCUT2D eigenvalue weighted by Gasteiger charge is 2.33. The molecule has 0 saturated heterocycles. The molecule has 1 atom stereocenters. The summed E-state index contributed by atoms with van der Waals surface area (Å²) < 4.78 is 5.23. The van der Waals surface area contributed by atoms with Gasteiger partial charge in [0.05, 0.1) is 6.04 Å². The molecule has 5 nitrogen and oxygen atoms in total. The molecule has 2 N–H and O–H groups in total. The Morgan fingerprint density at radius 3 is 3.00 bits per heavy atom. The van der Waals surface area contributed by atoms with Gasteiger partial charge >= 0.3 is 0 Å². The highest BCUT2D eigenvalue weighted by Crippen LogP contribution is 2.39. The fraction of sp³-hybridized carbons (Fsp3) is 0.417. The van der Waals surface area contributed by atoms with Crippen molar-refractivity contribution in [3.63, 3.8) is 0 Å². The number of hydrogen-bond acceptors (Lipinski definition) is 5. The van der Waals surface area contributed by atoms with Crippen molar-refractivity contribution in [2.45, 2.75) is 25.8 Å². The van der Waals surface area contributed by atoms with Crippen molar-refractivity contribution in [1.29, 1.82) is 0 Å². The summed E-state index contributed by atoms with van der Waals surface area (Å²) >= 11 is 0. The van der Waals surface area contributed by atoms with Crippen molar-refractivity contribution < 1.29 is 4.52 Å². The van der Waals surface area contributed by atoms with Gasteiger partial charge in [0.2, 0.25) is 11.7 Å². The molecule has 1 fully saturated rings. The summed E-state index contributed by atoms with van der Waals surface area (Å²) in [6.07, 6.45) is 5.83. The predicted molar refractivity (Wildman–Crippen MR) is 61.9 cm³/mol. The zero-order valence-electron chi connectivity index (χ0n) is 9.63. The lowest BCUT2D eigenvalue weighted by molar-refractivity contribution is 0.343. The Morgan fingerprint density at radius 2 is 2.29 bits per heavy atom. The summed E-state index contributed by atoms with van der Waals surface area (Å²) in [6, 6.07) is 1.77. The minimum atomic E-state index is -0.113. The maximum atomic E-state index is 6.02. The van der Waals surface area contributed by atoms with E-state index in [1.54, 1.807) is 12.4 Å². The zero-order valence-corrected chi connectivity index (χ0v) is 9.63. The molecule has 0 aliphatic heterocycles. The monoisotopic (exact) mass is 230 g/mol. The van der Waals surface area contributed by atoms with Gasteiger partial charge in [0, 0.05) is 18.0 Å². The number of aryl methyl sites for hydroxylation is 1. The van der Waals surface area contributed by atoms with Crippen LogP contribution in [0.4, 0.5) is 0 Å². The largest absolute Gasteiger partial charge is 0.337 e. The summed E-state index contributed by atoms with van der Waals surface area (Å²) in [4.78, 5) is 8.41. The molecular formula is C12H14N4O. The highest BCUT2D eigenvalue weighted by atomic mass is 16.5. The summed E-state index contributed by atoms with van der Waals surface area (Å²) in [6.45, 7) is 1.97. The number of nitrogens with zero attached hydrogens (tertiary/aromatic N) is 3. The molecule has 0 bridgehead atoms. The van der Waals surface area contributed by atoms with E-state index < -0.39 is 0 Å². The fourth-order valence-corrected chi connectivity index (χ4v) is 1.86. The van der Waals surface area contributed by atoms with Crippen LogP contribution in [0, 0.1) is 12.8 Å². The van der Waals surface area contributed by atoms with E-state index in [2.05, 4.69) is 15.1 Å². The van der Waals surface area contributed by atoms with Crippen LogP contribution >= 0.6 is 0 Å². The molecule has 1 aliphatic carbocycles. The van der Waals surface area contributed by atoms with Crippen LogP contribution in [0.15, 0.2) is 23.0 Å². The first-order valence-electron chi connectivity index (χ1n) is 5.76. The zero-order chi connectivity index (χ0) is 11.8. The van der Waals surface area contributed by atoms with Crippen molar-refractivity contribution in [3.05, 3.63) is 29.9 Å². The smallest absolute Gasteiger partial charge is 0.244 e. The van der Waals surface area contributed by atoms with Crippen LogP contribution in [0.1, 0.15) is 30.3 Å². The minimum Gasteiger partial charge on any atom is -0.337 e. The van der Waals surface area contributed by atoms with Crippen molar-refractivity contribution >= 4 is 0 Å². The van der Waals surface area contributed by atoms with Crippen LogP contribution < -0.4 is 5.73 Å². The molecule has 0 radical (unpaired) electrons. The second kappa shape index (κ2) is 3.92. The van der Waals surface area contributed by atoms with Crippen molar-refractivity contribution in [3.8, 4) is 11.4 Å². The van der Waals surface area contributed by atoms with E-state index >= 15 is 0 Å². The van der Waals surface area contributed by atoms with E-state index in [4.69, 9.17) is 10.3 Å².